The molecular formula is C24H27ClN4O2S. The molecule has 0 unspecified atom stereocenters. The quantitative estimate of drug-likeness (QED) is 0.525. The van der Waals surface area contributed by atoms with Crippen molar-refractivity contribution >= 4 is 34.2 Å². The Balaban J connectivity index is 1.17. The van der Waals surface area contributed by atoms with E-state index in [1.54, 1.807) is 24.3 Å². The third-order valence-electron chi connectivity index (χ3n) is 5.60. The molecule has 0 saturated carbocycles. The van der Waals surface area contributed by atoms with Gasteiger partial charge in [0.25, 0.3) is 5.91 Å². The lowest BCUT2D eigenvalue weighted by Crippen LogP contribution is -2.39. The second-order valence-corrected chi connectivity index (χ2v) is 9.30. The van der Waals surface area contributed by atoms with Crippen LogP contribution in [0.3, 0.4) is 0 Å². The van der Waals surface area contributed by atoms with Crippen molar-refractivity contribution in [3.8, 4) is 5.75 Å². The highest BCUT2D eigenvalue weighted by Gasteiger charge is 2.22. The Morgan fingerprint density at radius 1 is 1.16 bits per heavy atom. The number of carbonyl (C=O) groups excluding carboxylic acids is 1. The van der Waals surface area contributed by atoms with Crippen molar-refractivity contribution in [2.75, 3.05) is 31.1 Å². The average molecular weight is 471 g/mol. The summed E-state index contributed by atoms with van der Waals surface area (Å²) in [5.74, 6) is 1.87. The van der Waals surface area contributed by atoms with E-state index in [2.05, 4.69) is 45.8 Å². The Morgan fingerprint density at radius 3 is 2.59 bits per heavy atom. The second-order valence-electron chi connectivity index (χ2n) is 8.13. The van der Waals surface area contributed by atoms with Crippen molar-refractivity contribution in [1.29, 1.82) is 0 Å². The highest BCUT2D eigenvalue weighted by molar-refractivity contribution is 7.09. The smallest absolute Gasteiger partial charge is 0.257 e. The van der Waals surface area contributed by atoms with Crippen LogP contribution in [0.15, 0.2) is 48.5 Å². The number of rotatable bonds is 8. The second kappa shape index (κ2) is 10.8. The fourth-order valence-corrected chi connectivity index (χ4v) is 4.51. The van der Waals surface area contributed by atoms with E-state index in [-0.39, 0.29) is 12.5 Å². The molecule has 1 amide bonds. The first-order valence-electron chi connectivity index (χ1n) is 10.8. The number of hydrogen-bond acceptors (Lipinski definition) is 6. The van der Waals surface area contributed by atoms with Gasteiger partial charge in [0.2, 0.25) is 5.13 Å². The minimum Gasteiger partial charge on any atom is -0.484 e. The van der Waals surface area contributed by atoms with Crippen molar-refractivity contribution in [3.63, 3.8) is 0 Å². The molecule has 0 bridgehead atoms. The van der Waals surface area contributed by atoms with Gasteiger partial charge >= 0.3 is 0 Å². The Morgan fingerprint density at radius 2 is 1.88 bits per heavy atom. The molecule has 1 aromatic heterocycles. The molecule has 0 atom stereocenters. The molecule has 1 N–H and O–H groups in total. The largest absolute Gasteiger partial charge is 0.484 e. The number of anilines is 1. The number of piperidine rings is 1. The van der Waals surface area contributed by atoms with Gasteiger partial charge in [-0.25, -0.2) is 4.98 Å². The molecule has 1 aliphatic rings. The summed E-state index contributed by atoms with van der Waals surface area (Å²) in [6, 6.07) is 15.5. The van der Waals surface area contributed by atoms with Crippen LogP contribution >= 0.6 is 23.1 Å². The van der Waals surface area contributed by atoms with Gasteiger partial charge in [0.1, 0.15) is 11.6 Å². The van der Waals surface area contributed by atoms with E-state index in [4.69, 9.17) is 21.3 Å². The number of amides is 1. The molecular weight excluding hydrogens is 444 g/mol. The van der Waals surface area contributed by atoms with Gasteiger partial charge in [-0.05, 0) is 55.5 Å². The highest BCUT2D eigenvalue weighted by Crippen LogP contribution is 2.25. The lowest BCUT2D eigenvalue weighted by atomic mass is 9.97. The number of hydrogen-bond donors (Lipinski definition) is 1. The SMILES string of the molecule is Cc1ccc(Cc2nsc(N3CCC(CNC(=O)COc4ccc(Cl)cc4)CC3)n2)cc1. The number of halogens is 1. The maximum atomic E-state index is 12.1. The van der Waals surface area contributed by atoms with Crippen molar-refractivity contribution in [3.05, 3.63) is 70.5 Å². The lowest BCUT2D eigenvalue weighted by molar-refractivity contribution is -0.123. The summed E-state index contributed by atoms with van der Waals surface area (Å²) in [6.07, 6.45) is 2.80. The third kappa shape index (κ3) is 6.43. The number of ether oxygens (including phenoxy) is 1. The van der Waals surface area contributed by atoms with Gasteiger partial charge in [-0.15, -0.1) is 0 Å². The summed E-state index contributed by atoms with van der Waals surface area (Å²) < 4.78 is 10.0. The molecule has 4 rings (SSSR count). The van der Waals surface area contributed by atoms with Crippen LogP contribution in [0.5, 0.6) is 5.75 Å². The van der Waals surface area contributed by atoms with E-state index in [0.29, 0.717) is 23.2 Å². The van der Waals surface area contributed by atoms with Crippen molar-refractivity contribution in [1.82, 2.24) is 14.7 Å². The van der Waals surface area contributed by atoms with Gasteiger partial charge in [0, 0.05) is 42.6 Å². The van der Waals surface area contributed by atoms with E-state index in [1.165, 1.54) is 22.7 Å². The Bertz CT molecular complexity index is 1020. The predicted octanol–water partition coefficient (Wildman–Crippen LogP) is 4.50. The van der Waals surface area contributed by atoms with E-state index in [1.807, 2.05) is 0 Å². The van der Waals surface area contributed by atoms with E-state index in [0.717, 1.165) is 43.3 Å². The summed E-state index contributed by atoms with van der Waals surface area (Å²) in [7, 11) is 0. The maximum Gasteiger partial charge on any atom is 0.257 e. The number of nitrogens with zero attached hydrogens (tertiary/aromatic N) is 3. The highest BCUT2D eigenvalue weighted by atomic mass is 35.5. The van der Waals surface area contributed by atoms with Gasteiger partial charge in [-0.1, -0.05) is 41.4 Å². The standard InChI is InChI=1S/C24H27ClN4O2S/c1-17-2-4-18(5-3-17)14-22-27-24(32-28-22)29-12-10-19(11-13-29)15-26-23(30)16-31-21-8-6-20(25)7-9-21/h2-9,19H,10-16H2,1H3,(H,26,30). The van der Waals surface area contributed by atoms with Crippen LogP contribution in [0.25, 0.3) is 0 Å². The molecule has 3 aromatic rings. The minimum absolute atomic E-state index is 0.00895. The van der Waals surface area contributed by atoms with Gasteiger partial charge in [-0.2, -0.15) is 4.37 Å². The predicted molar refractivity (Wildman–Crippen MR) is 129 cm³/mol. The zero-order chi connectivity index (χ0) is 22.3. The molecule has 0 spiro atoms. The van der Waals surface area contributed by atoms with E-state index in [9.17, 15) is 4.79 Å². The average Bonchev–Trinajstić information content (AvgIpc) is 3.28. The molecule has 1 fully saturated rings. The van der Waals surface area contributed by atoms with Crippen LogP contribution in [0, 0.1) is 12.8 Å². The molecule has 2 aromatic carbocycles. The Labute approximate surface area is 197 Å². The van der Waals surface area contributed by atoms with Crippen molar-refractivity contribution in [2.24, 2.45) is 5.92 Å². The number of aromatic nitrogens is 2. The lowest BCUT2D eigenvalue weighted by Gasteiger charge is -2.31. The minimum atomic E-state index is -0.104. The fraction of sp³-hybridized carbons (Fsp3) is 0.375. The van der Waals surface area contributed by atoms with Gasteiger partial charge in [-0.3, -0.25) is 4.79 Å². The summed E-state index contributed by atoms with van der Waals surface area (Å²) in [5.41, 5.74) is 2.49. The van der Waals surface area contributed by atoms with Gasteiger partial charge < -0.3 is 15.0 Å². The van der Waals surface area contributed by atoms with Crippen LogP contribution < -0.4 is 15.0 Å². The summed E-state index contributed by atoms with van der Waals surface area (Å²) in [4.78, 5) is 19.1. The number of benzene rings is 2. The molecule has 0 radical (unpaired) electrons. The van der Waals surface area contributed by atoms with Gasteiger partial charge in [0.15, 0.2) is 6.61 Å². The molecule has 8 heteroatoms. The van der Waals surface area contributed by atoms with Crippen LogP contribution in [-0.4, -0.2) is 41.5 Å². The normalized spacial score (nSPS) is 14.4. The molecule has 1 aliphatic heterocycles. The van der Waals surface area contributed by atoms with Crippen LogP contribution in [0.1, 0.15) is 29.8 Å². The number of carbonyl (C=O) groups is 1. The summed E-state index contributed by atoms with van der Waals surface area (Å²) >= 11 is 7.33. The molecule has 1 saturated heterocycles. The van der Waals surface area contributed by atoms with Crippen LogP contribution in [-0.2, 0) is 11.2 Å². The van der Waals surface area contributed by atoms with E-state index < -0.39 is 0 Å². The zero-order valence-electron chi connectivity index (χ0n) is 18.1. The first kappa shape index (κ1) is 22.6. The van der Waals surface area contributed by atoms with Crippen molar-refractivity contribution in [2.45, 2.75) is 26.2 Å². The first-order valence-corrected chi connectivity index (χ1v) is 12.0. The number of aryl methyl sites for hydroxylation is 1. The summed E-state index contributed by atoms with van der Waals surface area (Å²) in [5, 5.41) is 4.62. The Kier molecular flexibility index (Phi) is 7.60. The molecule has 32 heavy (non-hydrogen) atoms. The zero-order valence-corrected chi connectivity index (χ0v) is 19.7. The van der Waals surface area contributed by atoms with Crippen LogP contribution in [0.2, 0.25) is 5.02 Å². The van der Waals surface area contributed by atoms with Gasteiger partial charge in [0.05, 0.1) is 0 Å². The number of nitrogens with one attached hydrogen (secondary N) is 1. The molecule has 168 valence electrons. The summed E-state index contributed by atoms with van der Waals surface area (Å²) in [6.45, 7) is 4.63. The first-order chi connectivity index (χ1) is 15.5. The fourth-order valence-electron chi connectivity index (χ4n) is 3.65. The maximum absolute atomic E-state index is 12.1. The Hall–Kier alpha value is -2.64. The third-order valence-corrected chi connectivity index (χ3v) is 6.66. The molecule has 6 nitrogen and oxygen atoms in total. The molecule has 2 heterocycles. The van der Waals surface area contributed by atoms with Crippen molar-refractivity contribution < 1.29 is 9.53 Å². The topological polar surface area (TPSA) is 67.4 Å². The monoisotopic (exact) mass is 470 g/mol. The van der Waals surface area contributed by atoms with Crippen LogP contribution in [0.4, 0.5) is 5.13 Å². The van der Waals surface area contributed by atoms with E-state index >= 15 is 0 Å². The molecule has 0 aliphatic carbocycles.